The van der Waals surface area contributed by atoms with E-state index >= 15 is 0 Å². The Kier molecular flexibility index (Phi) is 4.02. The molecule has 0 spiro atoms. The van der Waals surface area contributed by atoms with Gasteiger partial charge in [-0.15, -0.1) is 0 Å². The molecule has 2 rings (SSSR count). The van der Waals surface area contributed by atoms with Crippen molar-refractivity contribution in [3.63, 3.8) is 0 Å². The number of halogens is 2. The van der Waals surface area contributed by atoms with E-state index < -0.39 is 0 Å². The van der Waals surface area contributed by atoms with Crippen LogP contribution in [0.1, 0.15) is 11.1 Å². The van der Waals surface area contributed by atoms with Crippen LogP contribution in [0.15, 0.2) is 41.0 Å². The van der Waals surface area contributed by atoms with Crippen molar-refractivity contribution >= 4 is 33.2 Å². The molecule has 0 fully saturated rings. The molecule has 4 heteroatoms. The van der Waals surface area contributed by atoms with Crippen molar-refractivity contribution in [2.45, 2.75) is 13.5 Å². The number of aryl methyl sites for hydroxylation is 1. The number of hydrogen-bond donors (Lipinski definition) is 1. The topological polar surface area (TPSA) is 24.9 Å². The molecule has 1 aromatic carbocycles. The van der Waals surface area contributed by atoms with Crippen LogP contribution in [0.2, 0.25) is 5.15 Å². The van der Waals surface area contributed by atoms with Crippen LogP contribution in [-0.4, -0.2) is 4.98 Å². The zero-order chi connectivity index (χ0) is 12.3. The van der Waals surface area contributed by atoms with Crippen molar-refractivity contribution in [3.05, 3.63) is 57.3 Å². The van der Waals surface area contributed by atoms with Gasteiger partial charge >= 0.3 is 0 Å². The van der Waals surface area contributed by atoms with Gasteiger partial charge in [-0.25, -0.2) is 4.98 Å². The Morgan fingerprint density at radius 1 is 1.35 bits per heavy atom. The van der Waals surface area contributed by atoms with E-state index in [4.69, 9.17) is 11.6 Å². The van der Waals surface area contributed by atoms with Gasteiger partial charge in [-0.05, 0) is 40.0 Å². The van der Waals surface area contributed by atoms with E-state index in [1.807, 2.05) is 18.2 Å². The quantitative estimate of drug-likeness (QED) is 0.849. The molecule has 1 aromatic heterocycles. The Hall–Kier alpha value is -1.06. The summed E-state index contributed by atoms with van der Waals surface area (Å²) in [6.45, 7) is 2.88. The van der Waals surface area contributed by atoms with Gasteiger partial charge in [0.2, 0.25) is 0 Å². The number of benzene rings is 1. The molecule has 17 heavy (non-hydrogen) atoms. The molecular weight excluding hydrogens is 300 g/mol. The Morgan fingerprint density at radius 2 is 2.12 bits per heavy atom. The third kappa shape index (κ3) is 3.20. The van der Waals surface area contributed by atoms with Crippen molar-refractivity contribution in [2.75, 3.05) is 5.32 Å². The SMILES string of the molecule is Cc1ccccc1CNc1cnc(Cl)c(Br)c1. The molecule has 0 saturated heterocycles. The summed E-state index contributed by atoms with van der Waals surface area (Å²) in [5, 5.41) is 3.80. The second-order valence-electron chi connectivity index (χ2n) is 3.78. The van der Waals surface area contributed by atoms with Gasteiger partial charge in [-0.2, -0.15) is 0 Å². The first-order valence-electron chi connectivity index (χ1n) is 5.26. The van der Waals surface area contributed by atoms with Crippen LogP contribution in [0.25, 0.3) is 0 Å². The molecule has 1 heterocycles. The van der Waals surface area contributed by atoms with Crippen molar-refractivity contribution in [1.29, 1.82) is 0 Å². The van der Waals surface area contributed by atoms with Crippen LogP contribution in [0.5, 0.6) is 0 Å². The van der Waals surface area contributed by atoms with E-state index in [2.05, 4.69) is 45.3 Å². The summed E-state index contributed by atoms with van der Waals surface area (Å²) in [7, 11) is 0. The van der Waals surface area contributed by atoms with E-state index in [1.165, 1.54) is 11.1 Å². The number of nitrogens with one attached hydrogen (secondary N) is 1. The molecular formula is C13H12BrClN2. The lowest BCUT2D eigenvalue weighted by Crippen LogP contribution is -2.01. The maximum atomic E-state index is 5.84. The Bertz CT molecular complexity index is 529. The van der Waals surface area contributed by atoms with Crippen LogP contribution >= 0.6 is 27.5 Å². The third-order valence-corrected chi connectivity index (χ3v) is 3.67. The van der Waals surface area contributed by atoms with Crippen molar-refractivity contribution in [3.8, 4) is 0 Å². The lowest BCUT2D eigenvalue weighted by Gasteiger charge is -2.09. The first-order chi connectivity index (χ1) is 8.16. The second kappa shape index (κ2) is 5.52. The van der Waals surface area contributed by atoms with Crippen molar-refractivity contribution in [2.24, 2.45) is 0 Å². The second-order valence-corrected chi connectivity index (χ2v) is 4.99. The van der Waals surface area contributed by atoms with Gasteiger partial charge in [0.25, 0.3) is 0 Å². The predicted molar refractivity (Wildman–Crippen MR) is 75.5 cm³/mol. The van der Waals surface area contributed by atoms with E-state index in [0.717, 1.165) is 16.7 Å². The standard InChI is InChI=1S/C13H12BrClN2/c1-9-4-2-3-5-10(9)7-16-11-6-12(14)13(15)17-8-11/h2-6,8,16H,7H2,1H3. The van der Waals surface area contributed by atoms with Gasteiger partial charge in [0.15, 0.2) is 0 Å². The number of aromatic nitrogens is 1. The van der Waals surface area contributed by atoms with E-state index in [1.54, 1.807) is 6.20 Å². The fraction of sp³-hybridized carbons (Fsp3) is 0.154. The summed E-state index contributed by atoms with van der Waals surface area (Å²) in [5.41, 5.74) is 3.50. The summed E-state index contributed by atoms with van der Waals surface area (Å²) in [6.07, 6.45) is 1.73. The molecule has 0 atom stereocenters. The molecule has 0 bridgehead atoms. The van der Waals surface area contributed by atoms with E-state index in [9.17, 15) is 0 Å². The van der Waals surface area contributed by atoms with E-state index in [0.29, 0.717) is 5.15 Å². The zero-order valence-electron chi connectivity index (χ0n) is 9.37. The molecule has 0 aliphatic heterocycles. The van der Waals surface area contributed by atoms with Gasteiger partial charge in [0.05, 0.1) is 16.4 Å². The van der Waals surface area contributed by atoms with E-state index in [-0.39, 0.29) is 0 Å². The molecule has 0 aliphatic rings. The van der Waals surface area contributed by atoms with Gasteiger partial charge in [0.1, 0.15) is 5.15 Å². The fourth-order valence-corrected chi connectivity index (χ4v) is 1.98. The average Bonchev–Trinajstić information content (AvgIpc) is 2.32. The molecule has 0 radical (unpaired) electrons. The number of pyridine rings is 1. The lowest BCUT2D eigenvalue weighted by molar-refractivity contribution is 1.11. The third-order valence-electron chi connectivity index (χ3n) is 2.54. The molecule has 1 N–H and O–H groups in total. The monoisotopic (exact) mass is 310 g/mol. The smallest absolute Gasteiger partial charge is 0.143 e. The molecule has 88 valence electrons. The van der Waals surface area contributed by atoms with Crippen LogP contribution in [0.4, 0.5) is 5.69 Å². The zero-order valence-corrected chi connectivity index (χ0v) is 11.7. The fourth-order valence-electron chi connectivity index (χ4n) is 1.52. The highest BCUT2D eigenvalue weighted by atomic mass is 79.9. The summed E-state index contributed by atoms with van der Waals surface area (Å²) >= 11 is 9.19. The van der Waals surface area contributed by atoms with Gasteiger partial charge in [-0.1, -0.05) is 35.9 Å². The Labute approximate surface area is 114 Å². The Balaban J connectivity index is 2.08. The van der Waals surface area contributed by atoms with Crippen LogP contribution in [0.3, 0.4) is 0 Å². The Morgan fingerprint density at radius 3 is 2.82 bits per heavy atom. The molecule has 2 nitrogen and oxygen atoms in total. The van der Waals surface area contributed by atoms with Gasteiger partial charge in [0, 0.05) is 6.54 Å². The summed E-state index contributed by atoms with van der Waals surface area (Å²) in [6, 6.07) is 10.2. The maximum Gasteiger partial charge on any atom is 0.143 e. The summed E-state index contributed by atoms with van der Waals surface area (Å²) in [4.78, 5) is 4.07. The van der Waals surface area contributed by atoms with Crippen LogP contribution in [-0.2, 0) is 6.54 Å². The summed E-state index contributed by atoms with van der Waals surface area (Å²) < 4.78 is 0.800. The highest BCUT2D eigenvalue weighted by Gasteiger charge is 2.01. The average molecular weight is 312 g/mol. The lowest BCUT2D eigenvalue weighted by atomic mass is 10.1. The highest BCUT2D eigenvalue weighted by molar-refractivity contribution is 9.10. The maximum absolute atomic E-state index is 5.84. The van der Waals surface area contributed by atoms with Crippen LogP contribution < -0.4 is 5.32 Å². The van der Waals surface area contributed by atoms with Gasteiger partial charge < -0.3 is 5.32 Å². The summed E-state index contributed by atoms with van der Waals surface area (Å²) in [5.74, 6) is 0. The number of nitrogens with zero attached hydrogens (tertiary/aromatic N) is 1. The number of hydrogen-bond acceptors (Lipinski definition) is 2. The van der Waals surface area contributed by atoms with Crippen molar-refractivity contribution < 1.29 is 0 Å². The molecule has 2 aromatic rings. The molecule has 0 unspecified atom stereocenters. The molecule has 0 aliphatic carbocycles. The minimum atomic E-state index is 0.478. The van der Waals surface area contributed by atoms with Gasteiger partial charge in [-0.3, -0.25) is 0 Å². The molecule has 0 amide bonds. The first kappa shape index (κ1) is 12.4. The largest absolute Gasteiger partial charge is 0.380 e. The number of anilines is 1. The normalized spacial score (nSPS) is 10.3. The highest BCUT2D eigenvalue weighted by Crippen LogP contribution is 2.23. The molecule has 0 saturated carbocycles. The van der Waals surface area contributed by atoms with Crippen LogP contribution in [0, 0.1) is 6.92 Å². The predicted octanol–water partition coefficient (Wildman–Crippen LogP) is 4.42. The first-order valence-corrected chi connectivity index (χ1v) is 6.43. The minimum absolute atomic E-state index is 0.478. The minimum Gasteiger partial charge on any atom is -0.380 e. The van der Waals surface area contributed by atoms with Crippen molar-refractivity contribution in [1.82, 2.24) is 4.98 Å². The number of rotatable bonds is 3.